The average Bonchev–Trinajstić information content (AvgIpc) is 2.75. The van der Waals surface area contributed by atoms with Gasteiger partial charge in [0.05, 0.1) is 0 Å². The molecule has 0 unspecified atom stereocenters. The lowest BCUT2D eigenvalue weighted by molar-refractivity contribution is 0.582. The minimum Gasteiger partial charge on any atom is -0.297 e. The van der Waals surface area contributed by atoms with Crippen LogP contribution >= 0.6 is 38.2 Å². The predicted molar refractivity (Wildman–Crippen MR) is 76.9 cm³/mol. The van der Waals surface area contributed by atoms with Crippen LogP contribution in [-0.4, -0.2) is 23.2 Å². The van der Waals surface area contributed by atoms with Crippen LogP contribution in [0.15, 0.2) is 27.8 Å². The van der Waals surface area contributed by atoms with Crippen LogP contribution in [0.1, 0.15) is 6.92 Å². The fourth-order valence-electron chi connectivity index (χ4n) is 1.62. The lowest BCUT2D eigenvalue weighted by Gasteiger charge is -2.07. The summed E-state index contributed by atoms with van der Waals surface area (Å²) in [5, 5.41) is 7.75. The molecule has 5 nitrogen and oxygen atoms in total. The third-order valence-corrected chi connectivity index (χ3v) is 4.50. The van der Waals surface area contributed by atoms with E-state index in [9.17, 15) is 8.42 Å². The standard InChI is InChI=1S/C10H8BrCl2N3O2S/c1-2-16-9(14-15-10(16)19(13,17)18)7-5-6(12)3-4-8(7)11/h3-5H,2H2,1H3. The molecule has 19 heavy (non-hydrogen) atoms. The number of halogens is 3. The van der Waals surface area contributed by atoms with Crippen LogP contribution in [0.25, 0.3) is 11.4 Å². The lowest BCUT2D eigenvalue weighted by Crippen LogP contribution is -2.06. The van der Waals surface area contributed by atoms with Gasteiger partial charge in [-0.1, -0.05) is 27.5 Å². The maximum absolute atomic E-state index is 11.4. The molecule has 0 saturated heterocycles. The quantitative estimate of drug-likeness (QED) is 0.761. The van der Waals surface area contributed by atoms with Crippen molar-refractivity contribution in [1.82, 2.24) is 14.8 Å². The molecule has 0 aliphatic carbocycles. The van der Waals surface area contributed by atoms with Gasteiger partial charge in [0.2, 0.25) is 0 Å². The Morgan fingerprint density at radius 1 is 1.37 bits per heavy atom. The van der Waals surface area contributed by atoms with E-state index in [4.69, 9.17) is 22.3 Å². The maximum Gasteiger partial charge on any atom is 0.296 e. The molecule has 0 radical (unpaired) electrons. The molecular formula is C10H8BrCl2N3O2S. The van der Waals surface area contributed by atoms with Gasteiger partial charge in [0.25, 0.3) is 14.2 Å². The summed E-state index contributed by atoms with van der Waals surface area (Å²) in [4.78, 5) is 0. The maximum atomic E-state index is 11.4. The summed E-state index contributed by atoms with van der Waals surface area (Å²) in [7, 11) is 1.38. The van der Waals surface area contributed by atoms with E-state index in [1.165, 1.54) is 4.57 Å². The van der Waals surface area contributed by atoms with Crippen molar-refractivity contribution in [2.24, 2.45) is 0 Å². The van der Waals surface area contributed by atoms with Crippen molar-refractivity contribution >= 4 is 47.3 Å². The van der Waals surface area contributed by atoms with E-state index >= 15 is 0 Å². The van der Waals surface area contributed by atoms with E-state index in [0.717, 1.165) is 4.47 Å². The van der Waals surface area contributed by atoms with Gasteiger partial charge in [0.1, 0.15) is 0 Å². The van der Waals surface area contributed by atoms with E-state index in [0.29, 0.717) is 23.0 Å². The summed E-state index contributed by atoms with van der Waals surface area (Å²) in [6.07, 6.45) is 0. The second-order valence-corrected chi connectivity index (χ2v) is 7.36. The van der Waals surface area contributed by atoms with Crippen molar-refractivity contribution in [3.63, 3.8) is 0 Å². The smallest absolute Gasteiger partial charge is 0.296 e. The molecule has 2 aromatic rings. The molecule has 0 spiro atoms. The van der Waals surface area contributed by atoms with Gasteiger partial charge in [-0.2, -0.15) is 0 Å². The summed E-state index contributed by atoms with van der Waals surface area (Å²) in [5.41, 5.74) is 0.647. The second-order valence-electron chi connectivity index (χ2n) is 3.61. The van der Waals surface area contributed by atoms with Crippen molar-refractivity contribution in [3.8, 4) is 11.4 Å². The normalized spacial score (nSPS) is 11.8. The topological polar surface area (TPSA) is 64.8 Å². The lowest BCUT2D eigenvalue weighted by atomic mass is 10.2. The van der Waals surface area contributed by atoms with Gasteiger partial charge >= 0.3 is 0 Å². The van der Waals surface area contributed by atoms with Gasteiger partial charge in [0.15, 0.2) is 5.82 Å². The monoisotopic (exact) mass is 383 g/mol. The Balaban J connectivity index is 2.70. The summed E-state index contributed by atoms with van der Waals surface area (Å²) in [6, 6.07) is 5.13. The first-order chi connectivity index (χ1) is 8.84. The zero-order chi connectivity index (χ0) is 14.2. The zero-order valence-electron chi connectivity index (χ0n) is 9.64. The zero-order valence-corrected chi connectivity index (χ0v) is 13.6. The van der Waals surface area contributed by atoms with Crippen molar-refractivity contribution < 1.29 is 8.42 Å². The third kappa shape index (κ3) is 2.94. The van der Waals surface area contributed by atoms with Crippen LogP contribution in [0.2, 0.25) is 5.02 Å². The summed E-state index contributed by atoms with van der Waals surface area (Å²) in [5.74, 6) is 0.385. The Morgan fingerprint density at radius 3 is 2.63 bits per heavy atom. The first kappa shape index (κ1) is 14.8. The van der Waals surface area contributed by atoms with Crippen molar-refractivity contribution in [2.45, 2.75) is 18.6 Å². The van der Waals surface area contributed by atoms with Crippen molar-refractivity contribution in [3.05, 3.63) is 27.7 Å². The highest BCUT2D eigenvalue weighted by Gasteiger charge is 2.23. The molecule has 1 heterocycles. The summed E-state index contributed by atoms with van der Waals surface area (Å²) < 4.78 is 25.0. The van der Waals surface area contributed by atoms with Crippen LogP contribution < -0.4 is 0 Å². The van der Waals surface area contributed by atoms with Gasteiger partial charge in [-0.05, 0) is 25.1 Å². The predicted octanol–water partition coefficient (Wildman–Crippen LogP) is 3.31. The molecule has 0 saturated carbocycles. The van der Waals surface area contributed by atoms with Crippen LogP contribution in [0.3, 0.4) is 0 Å². The van der Waals surface area contributed by atoms with E-state index < -0.39 is 9.05 Å². The fraction of sp³-hybridized carbons (Fsp3) is 0.200. The number of hydrogen-bond donors (Lipinski definition) is 0. The minimum absolute atomic E-state index is 0.279. The van der Waals surface area contributed by atoms with E-state index in [2.05, 4.69) is 26.1 Å². The number of nitrogens with zero attached hydrogens (tertiary/aromatic N) is 3. The molecular weight excluding hydrogens is 377 g/mol. The molecule has 0 aliphatic heterocycles. The summed E-state index contributed by atoms with van der Waals surface area (Å²) in [6.45, 7) is 2.14. The molecule has 0 atom stereocenters. The summed E-state index contributed by atoms with van der Waals surface area (Å²) >= 11 is 9.30. The SMILES string of the molecule is CCn1c(-c2cc(Cl)ccc2Br)nnc1S(=O)(=O)Cl. The van der Waals surface area contributed by atoms with Crippen molar-refractivity contribution in [2.75, 3.05) is 0 Å². The van der Waals surface area contributed by atoms with E-state index in [1.807, 2.05) is 0 Å². The van der Waals surface area contributed by atoms with Crippen LogP contribution in [-0.2, 0) is 15.6 Å². The Labute approximate surface area is 128 Å². The second kappa shape index (κ2) is 5.40. The molecule has 0 bridgehead atoms. The first-order valence-corrected chi connectivity index (χ1v) is 8.66. The van der Waals surface area contributed by atoms with E-state index in [-0.39, 0.29) is 5.16 Å². The number of rotatable bonds is 3. The molecule has 102 valence electrons. The molecule has 1 aromatic heterocycles. The van der Waals surface area contributed by atoms with Gasteiger partial charge in [-0.15, -0.1) is 10.2 Å². The average molecular weight is 385 g/mol. The molecule has 0 N–H and O–H groups in total. The van der Waals surface area contributed by atoms with Gasteiger partial charge in [-0.25, -0.2) is 8.42 Å². The van der Waals surface area contributed by atoms with Crippen LogP contribution in [0, 0.1) is 0 Å². The largest absolute Gasteiger partial charge is 0.297 e. The minimum atomic E-state index is -3.94. The molecule has 0 fully saturated rings. The molecule has 9 heteroatoms. The Hall–Kier alpha value is -0.630. The highest BCUT2D eigenvalue weighted by Crippen LogP contribution is 2.31. The van der Waals surface area contributed by atoms with E-state index in [1.54, 1.807) is 25.1 Å². The molecule has 2 rings (SSSR count). The Bertz CT molecular complexity index is 730. The number of hydrogen-bond acceptors (Lipinski definition) is 4. The van der Waals surface area contributed by atoms with Crippen LogP contribution in [0.4, 0.5) is 0 Å². The Kier molecular flexibility index (Phi) is 4.20. The molecule has 0 aliphatic rings. The van der Waals surface area contributed by atoms with Crippen LogP contribution in [0.5, 0.6) is 0 Å². The molecule has 0 amide bonds. The third-order valence-electron chi connectivity index (χ3n) is 2.42. The number of aromatic nitrogens is 3. The Morgan fingerprint density at radius 2 is 2.05 bits per heavy atom. The van der Waals surface area contributed by atoms with Gasteiger partial charge < -0.3 is 0 Å². The highest BCUT2D eigenvalue weighted by molar-refractivity contribution is 9.10. The molecule has 1 aromatic carbocycles. The van der Waals surface area contributed by atoms with Gasteiger partial charge in [0, 0.05) is 32.3 Å². The first-order valence-electron chi connectivity index (χ1n) is 5.18. The fourth-order valence-corrected chi connectivity index (χ4v) is 3.18. The number of benzene rings is 1. The highest BCUT2D eigenvalue weighted by atomic mass is 79.9. The van der Waals surface area contributed by atoms with Gasteiger partial charge in [-0.3, -0.25) is 4.57 Å². The van der Waals surface area contributed by atoms with Crippen molar-refractivity contribution in [1.29, 1.82) is 0 Å².